The van der Waals surface area contributed by atoms with Crippen LogP contribution in [0, 0.1) is 0 Å². The van der Waals surface area contributed by atoms with Crippen molar-refractivity contribution in [2.24, 2.45) is 5.73 Å². The Morgan fingerprint density at radius 3 is 2.41 bits per heavy atom. The molecule has 0 radical (unpaired) electrons. The van der Waals surface area contributed by atoms with Crippen molar-refractivity contribution in [3.63, 3.8) is 0 Å². The van der Waals surface area contributed by atoms with Crippen LogP contribution in [0.15, 0.2) is 85.1 Å². The Labute approximate surface area is 215 Å². The van der Waals surface area contributed by atoms with Crippen molar-refractivity contribution in [1.29, 1.82) is 0 Å². The quantitative estimate of drug-likeness (QED) is 0.345. The number of rotatable bonds is 6. The van der Waals surface area contributed by atoms with Crippen LogP contribution in [0.25, 0.3) is 11.3 Å². The van der Waals surface area contributed by atoms with Crippen molar-refractivity contribution in [2.45, 2.75) is 18.9 Å². The van der Waals surface area contributed by atoms with Crippen LogP contribution in [0.1, 0.15) is 39.3 Å². The summed E-state index contributed by atoms with van der Waals surface area (Å²) < 4.78 is 0. The number of amides is 1. The standard InChI is InChI=1S/C29H28N6O2/c30-22-12-7-15-35(18-22)25-14-13-21(27(36)20-10-5-2-6-11-20)16-23(25)34-29(37)26-28(31)32-17-24(33-26)19-8-3-1-4-9-19/h1-6,8-11,13-14,16-17,22H,7,12,15,18,30H2,(H2,31,32)(H,34,37). The molecule has 1 fully saturated rings. The zero-order chi connectivity index (χ0) is 25.8. The van der Waals surface area contributed by atoms with Gasteiger partial charge in [0.15, 0.2) is 17.3 Å². The number of nitrogens with two attached hydrogens (primary N) is 2. The third-order valence-corrected chi connectivity index (χ3v) is 6.43. The smallest absolute Gasteiger partial charge is 0.278 e. The minimum absolute atomic E-state index is 0.0161. The molecule has 1 unspecified atom stereocenters. The summed E-state index contributed by atoms with van der Waals surface area (Å²) in [5.41, 5.74) is 16.0. The van der Waals surface area contributed by atoms with Crippen LogP contribution in [0.4, 0.5) is 17.2 Å². The predicted molar refractivity (Wildman–Crippen MR) is 146 cm³/mol. The van der Waals surface area contributed by atoms with E-state index >= 15 is 0 Å². The molecule has 1 saturated heterocycles. The number of hydrogen-bond donors (Lipinski definition) is 3. The number of nitrogen functional groups attached to an aromatic ring is 1. The molecule has 2 heterocycles. The molecule has 4 aromatic rings. The highest BCUT2D eigenvalue weighted by Gasteiger charge is 2.23. The molecule has 1 amide bonds. The van der Waals surface area contributed by atoms with Crippen molar-refractivity contribution in [3.05, 3.63) is 102 Å². The van der Waals surface area contributed by atoms with Crippen molar-refractivity contribution in [2.75, 3.05) is 29.0 Å². The summed E-state index contributed by atoms with van der Waals surface area (Å²) in [6, 6.07) is 23.9. The zero-order valence-corrected chi connectivity index (χ0v) is 20.3. The summed E-state index contributed by atoms with van der Waals surface area (Å²) in [5.74, 6) is -0.617. The third kappa shape index (κ3) is 5.34. The van der Waals surface area contributed by atoms with E-state index in [0.29, 0.717) is 29.1 Å². The molecule has 0 aliphatic carbocycles. The summed E-state index contributed by atoms with van der Waals surface area (Å²) in [6.45, 7) is 1.45. The highest BCUT2D eigenvalue weighted by Crippen LogP contribution is 2.31. The van der Waals surface area contributed by atoms with Crippen LogP contribution in [-0.2, 0) is 0 Å². The average Bonchev–Trinajstić information content (AvgIpc) is 2.94. The SMILES string of the molecule is Nc1ncc(-c2ccccc2)nc1C(=O)Nc1cc(C(=O)c2ccccc2)ccc1N1CCCC(N)C1. The van der Waals surface area contributed by atoms with Gasteiger partial charge >= 0.3 is 0 Å². The predicted octanol–water partition coefficient (Wildman–Crippen LogP) is 4.14. The molecule has 8 nitrogen and oxygen atoms in total. The van der Waals surface area contributed by atoms with Crippen LogP contribution < -0.4 is 21.7 Å². The van der Waals surface area contributed by atoms with Gasteiger partial charge in [-0.2, -0.15) is 0 Å². The van der Waals surface area contributed by atoms with Gasteiger partial charge < -0.3 is 21.7 Å². The lowest BCUT2D eigenvalue weighted by Gasteiger charge is -2.34. The number of anilines is 3. The van der Waals surface area contributed by atoms with Crippen molar-refractivity contribution in [3.8, 4) is 11.3 Å². The van der Waals surface area contributed by atoms with E-state index in [0.717, 1.165) is 30.6 Å². The van der Waals surface area contributed by atoms with E-state index in [2.05, 4.69) is 20.2 Å². The number of ketones is 1. The van der Waals surface area contributed by atoms with E-state index in [-0.39, 0.29) is 23.3 Å². The Morgan fingerprint density at radius 2 is 1.68 bits per heavy atom. The molecule has 186 valence electrons. The fourth-order valence-corrected chi connectivity index (χ4v) is 4.53. The van der Waals surface area contributed by atoms with Gasteiger partial charge in [-0.05, 0) is 31.0 Å². The molecule has 1 atom stereocenters. The van der Waals surface area contributed by atoms with Gasteiger partial charge in [0, 0.05) is 35.8 Å². The molecule has 37 heavy (non-hydrogen) atoms. The summed E-state index contributed by atoms with van der Waals surface area (Å²) in [6.07, 6.45) is 3.43. The number of benzene rings is 3. The molecule has 1 aliphatic rings. The van der Waals surface area contributed by atoms with Crippen LogP contribution in [0.2, 0.25) is 0 Å². The van der Waals surface area contributed by atoms with E-state index < -0.39 is 5.91 Å². The monoisotopic (exact) mass is 492 g/mol. The van der Waals surface area contributed by atoms with Gasteiger partial charge in [0.05, 0.1) is 23.3 Å². The minimum Gasteiger partial charge on any atom is -0.382 e. The van der Waals surface area contributed by atoms with Crippen molar-refractivity contribution < 1.29 is 9.59 Å². The molecule has 5 rings (SSSR count). The minimum atomic E-state index is -0.505. The van der Waals surface area contributed by atoms with Crippen LogP contribution in [0.5, 0.6) is 0 Å². The van der Waals surface area contributed by atoms with E-state index in [1.807, 2.05) is 54.6 Å². The Hall–Kier alpha value is -4.56. The molecule has 5 N–H and O–H groups in total. The van der Waals surface area contributed by atoms with Gasteiger partial charge in [0.25, 0.3) is 5.91 Å². The summed E-state index contributed by atoms with van der Waals surface area (Å²) in [4.78, 5) is 37.4. The lowest BCUT2D eigenvalue weighted by Crippen LogP contribution is -2.43. The van der Waals surface area contributed by atoms with Gasteiger partial charge in [0.1, 0.15) is 0 Å². The highest BCUT2D eigenvalue weighted by atomic mass is 16.2. The second-order valence-electron chi connectivity index (χ2n) is 9.08. The molecule has 1 aliphatic heterocycles. The first kappa shape index (κ1) is 24.1. The maximum absolute atomic E-state index is 13.4. The lowest BCUT2D eigenvalue weighted by molar-refractivity contribution is 0.101. The molecule has 0 saturated carbocycles. The van der Waals surface area contributed by atoms with E-state index in [4.69, 9.17) is 11.5 Å². The Kier molecular flexibility index (Phi) is 6.91. The largest absolute Gasteiger partial charge is 0.382 e. The number of aromatic nitrogens is 2. The van der Waals surface area contributed by atoms with Crippen LogP contribution >= 0.6 is 0 Å². The number of piperidine rings is 1. The molecule has 8 heteroatoms. The Bertz CT molecular complexity index is 1430. The fraction of sp³-hybridized carbons (Fsp3) is 0.172. The molecule has 0 bridgehead atoms. The zero-order valence-electron chi connectivity index (χ0n) is 20.3. The second kappa shape index (κ2) is 10.6. The van der Waals surface area contributed by atoms with E-state index in [1.54, 1.807) is 30.5 Å². The molecule has 0 spiro atoms. The normalized spacial score (nSPS) is 15.3. The van der Waals surface area contributed by atoms with Gasteiger partial charge in [-0.3, -0.25) is 9.59 Å². The van der Waals surface area contributed by atoms with Crippen molar-refractivity contribution in [1.82, 2.24) is 9.97 Å². The van der Waals surface area contributed by atoms with Crippen LogP contribution in [-0.4, -0.2) is 40.8 Å². The summed E-state index contributed by atoms with van der Waals surface area (Å²) >= 11 is 0. The maximum atomic E-state index is 13.4. The number of nitrogens with one attached hydrogen (secondary N) is 1. The van der Waals surface area contributed by atoms with E-state index in [1.165, 1.54) is 0 Å². The first-order chi connectivity index (χ1) is 18.0. The summed E-state index contributed by atoms with van der Waals surface area (Å²) in [5, 5.41) is 2.95. The number of carbonyl (C=O) groups is 2. The molecule has 1 aromatic heterocycles. The van der Waals surface area contributed by atoms with Gasteiger partial charge in [-0.15, -0.1) is 0 Å². The third-order valence-electron chi connectivity index (χ3n) is 6.43. The fourth-order valence-electron chi connectivity index (χ4n) is 4.53. The molecule has 3 aromatic carbocycles. The lowest BCUT2D eigenvalue weighted by atomic mass is 10.0. The van der Waals surface area contributed by atoms with Gasteiger partial charge in [0.2, 0.25) is 0 Å². The van der Waals surface area contributed by atoms with Gasteiger partial charge in [-0.25, -0.2) is 9.97 Å². The van der Waals surface area contributed by atoms with Crippen molar-refractivity contribution >= 4 is 28.9 Å². The van der Waals surface area contributed by atoms with Crippen LogP contribution in [0.3, 0.4) is 0 Å². The highest BCUT2D eigenvalue weighted by molar-refractivity contribution is 6.12. The summed E-state index contributed by atoms with van der Waals surface area (Å²) in [7, 11) is 0. The second-order valence-corrected chi connectivity index (χ2v) is 9.08. The Balaban J connectivity index is 1.51. The number of carbonyl (C=O) groups excluding carboxylic acids is 2. The Morgan fingerprint density at radius 1 is 0.946 bits per heavy atom. The average molecular weight is 493 g/mol. The van der Waals surface area contributed by atoms with E-state index in [9.17, 15) is 9.59 Å². The molecular formula is C29H28N6O2. The number of nitrogens with zero attached hydrogens (tertiary/aromatic N) is 3. The molecular weight excluding hydrogens is 464 g/mol. The first-order valence-electron chi connectivity index (χ1n) is 12.2. The topological polar surface area (TPSA) is 127 Å². The maximum Gasteiger partial charge on any atom is 0.278 e. The van der Waals surface area contributed by atoms with Gasteiger partial charge in [-0.1, -0.05) is 60.7 Å². The number of hydrogen-bond acceptors (Lipinski definition) is 7. The first-order valence-corrected chi connectivity index (χ1v) is 12.2.